The first-order chi connectivity index (χ1) is 24.3. The van der Waals surface area contributed by atoms with Gasteiger partial charge in [-0.1, -0.05) is 0 Å². The molecule has 0 N–H and O–H groups in total. The molecule has 2 aliphatic heterocycles. The minimum atomic E-state index is -0.416. The summed E-state index contributed by atoms with van der Waals surface area (Å²) in [7, 11) is 0. The number of carbonyl (C=O) groups is 4. The van der Waals surface area contributed by atoms with E-state index in [1.807, 2.05) is 58.3 Å². The molecule has 50 heavy (non-hydrogen) atoms. The van der Waals surface area contributed by atoms with Gasteiger partial charge in [-0.2, -0.15) is 10.5 Å². The highest BCUT2D eigenvalue weighted by Gasteiger charge is 2.27. The second kappa shape index (κ2) is 12.9. The van der Waals surface area contributed by atoms with E-state index >= 15 is 0 Å². The van der Waals surface area contributed by atoms with Crippen molar-refractivity contribution in [1.29, 1.82) is 10.5 Å². The molecule has 0 bridgehead atoms. The van der Waals surface area contributed by atoms with Crippen molar-refractivity contribution in [3.05, 3.63) is 157 Å². The van der Waals surface area contributed by atoms with Crippen molar-refractivity contribution in [2.24, 2.45) is 0 Å². The third-order valence-electron chi connectivity index (χ3n) is 8.23. The van der Waals surface area contributed by atoms with E-state index in [-0.39, 0.29) is 0 Å². The van der Waals surface area contributed by atoms with Crippen LogP contribution in [0.25, 0.3) is 0 Å². The predicted molar refractivity (Wildman–Crippen MR) is 189 cm³/mol. The molecule has 0 atom stereocenters. The zero-order valence-electron chi connectivity index (χ0n) is 26.2. The number of hydrogen-bond donors (Lipinski definition) is 0. The second-order valence-electron chi connectivity index (χ2n) is 11.2. The minimum absolute atomic E-state index is 0.416. The lowest BCUT2D eigenvalue weighted by Gasteiger charge is -2.29. The molecule has 4 amide bonds. The van der Waals surface area contributed by atoms with E-state index < -0.39 is 23.6 Å². The van der Waals surface area contributed by atoms with Crippen LogP contribution in [-0.2, 0) is 19.2 Å². The number of amides is 4. The van der Waals surface area contributed by atoms with Crippen molar-refractivity contribution in [3.63, 3.8) is 0 Å². The molecule has 2 aliphatic rings. The van der Waals surface area contributed by atoms with E-state index in [1.165, 1.54) is 24.3 Å². The molecular formula is C40H24N6O4. The van der Waals surface area contributed by atoms with Crippen LogP contribution in [0.2, 0.25) is 0 Å². The molecule has 5 aromatic carbocycles. The summed E-state index contributed by atoms with van der Waals surface area (Å²) in [4.78, 5) is 55.4. The lowest BCUT2D eigenvalue weighted by molar-refractivity contribution is -0.121. The number of anilines is 8. The molecule has 0 saturated heterocycles. The van der Waals surface area contributed by atoms with Gasteiger partial charge in [0.25, 0.3) is 23.6 Å². The summed E-state index contributed by atoms with van der Waals surface area (Å²) in [6.07, 6.45) is 4.93. The van der Waals surface area contributed by atoms with E-state index in [9.17, 15) is 29.7 Å². The van der Waals surface area contributed by atoms with Crippen LogP contribution in [0.4, 0.5) is 45.5 Å². The highest BCUT2D eigenvalue weighted by molar-refractivity contribution is 6.28. The summed E-state index contributed by atoms with van der Waals surface area (Å²) in [5, 5.41) is 18.7. The van der Waals surface area contributed by atoms with Crippen LogP contribution in [0.1, 0.15) is 11.1 Å². The molecule has 0 unspecified atom stereocenters. The van der Waals surface area contributed by atoms with Crippen molar-refractivity contribution in [2.45, 2.75) is 0 Å². The fraction of sp³-hybridized carbons (Fsp3) is 0. The van der Waals surface area contributed by atoms with Crippen LogP contribution < -0.4 is 19.6 Å². The molecule has 10 nitrogen and oxygen atoms in total. The third kappa shape index (κ3) is 5.77. The van der Waals surface area contributed by atoms with Crippen LogP contribution >= 0.6 is 0 Å². The van der Waals surface area contributed by atoms with E-state index in [1.54, 1.807) is 72.8 Å². The minimum Gasteiger partial charge on any atom is -0.311 e. The highest BCUT2D eigenvalue weighted by atomic mass is 16.2. The SMILES string of the molecule is N#Cc1ccc(N(c2ccc(C#N)cc2)c2ccc(N(c3ccc(N4C(=O)C=CC4=O)cc3)c3ccc(N4C(=O)C=CC4=O)cc3)cc2)cc1. The average molecular weight is 653 g/mol. The summed E-state index contributed by atoms with van der Waals surface area (Å²) in [6, 6.07) is 40.4. The Morgan fingerprint density at radius 2 is 0.580 bits per heavy atom. The van der Waals surface area contributed by atoms with Gasteiger partial charge in [0.2, 0.25) is 0 Å². The molecule has 0 fully saturated rings. The molecule has 5 aromatic rings. The first-order valence-corrected chi connectivity index (χ1v) is 15.4. The molecule has 10 heteroatoms. The van der Waals surface area contributed by atoms with Crippen molar-refractivity contribution in [3.8, 4) is 12.1 Å². The summed E-state index contributed by atoms with van der Waals surface area (Å²) >= 11 is 0. The fourth-order valence-electron chi connectivity index (χ4n) is 5.83. The van der Waals surface area contributed by atoms with Crippen LogP contribution in [0.5, 0.6) is 0 Å². The smallest absolute Gasteiger partial charge is 0.258 e. The Morgan fingerprint density at radius 1 is 0.360 bits per heavy atom. The zero-order chi connectivity index (χ0) is 34.8. The fourth-order valence-corrected chi connectivity index (χ4v) is 5.83. The van der Waals surface area contributed by atoms with Gasteiger partial charge in [-0.05, 0) is 121 Å². The van der Waals surface area contributed by atoms with Gasteiger partial charge in [-0.3, -0.25) is 19.2 Å². The summed E-state index contributed by atoms with van der Waals surface area (Å²) in [5.41, 5.74) is 6.54. The Morgan fingerprint density at radius 3 is 0.820 bits per heavy atom. The Labute approximate surface area is 286 Å². The van der Waals surface area contributed by atoms with Crippen LogP contribution in [0, 0.1) is 22.7 Å². The monoisotopic (exact) mass is 652 g/mol. The van der Waals surface area contributed by atoms with Crippen LogP contribution in [0.3, 0.4) is 0 Å². The van der Waals surface area contributed by atoms with Gasteiger partial charge in [-0.25, -0.2) is 9.80 Å². The van der Waals surface area contributed by atoms with Gasteiger partial charge in [0.1, 0.15) is 0 Å². The van der Waals surface area contributed by atoms with Gasteiger partial charge >= 0.3 is 0 Å². The standard InChI is InChI=1S/C40H24N6O4/c41-25-27-1-5-29(6-2-27)43(30-7-3-28(26-42)4-8-30)31-9-11-32(12-10-31)44(33-13-17-35(18-14-33)45-37(47)21-22-38(45)48)34-15-19-36(20-16-34)46-39(49)23-24-40(46)50/h1-24H. The maximum absolute atomic E-state index is 12.3. The van der Waals surface area contributed by atoms with Gasteiger partial charge < -0.3 is 9.80 Å². The lowest BCUT2D eigenvalue weighted by atomic mass is 10.1. The molecule has 0 saturated carbocycles. The normalized spacial score (nSPS) is 13.5. The van der Waals surface area contributed by atoms with Crippen molar-refractivity contribution >= 4 is 69.1 Å². The largest absolute Gasteiger partial charge is 0.311 e. The Bertz CT molecular complexity index is 2120. The molecule has 2 heterocycles. The molecule has 0 radical (unpaired) electrons. The zero-order valence-corrected chi connectivity index (χ0v) is 26.2. The van der Waals surface area contributed by atoms with E-state index in [0.717, 1.165) is 32.5 Å². The van der Waals surface area contributed by atoms with Gasteiger partial charge in [-0.15, -0.1) is 0 Å². The van der Waals surface area contributed by atoms with E-state index in [0.29, 0.717) is 33.9 Å². The van der Waals surface area contributed by atoms with Crippen LogP contribution in [-0.4, -0.2) is 23.6 Å². The highest BCUT2D eigenvalue weighted by Crippen LogP contribution is 2.40. The maximum Gasteiger partial charge on any atom is 0.258 e. The quantitative estimate of drug-likeness (QED) is 0.161. The van der Waals surface area contributed by atoms with Crippen molar-refractivity contribution in [1.82, 2.24) is 0 Å². The lowest BCUT2D eigenvalue weighted by Crippen LogP contribution is -2.29. The first-order valence-electron chi connectivity index (χ1n) is 15.4. The number of carbonyl (C=O) groups excluding carboxylic acids is 4. The topological polar surface area (TPSA) is 129 Å². The Balaban J connectivity index is 1.28. The van der Waals surface area contributed by atoms with Gasteiger partial charge in [0.05, 0.1) is 34.6 Å². The summed E-state index contributed by atoms with van der Waals surface area (Å²) in [6.45, 7) is 0. The number of benzene rings is 5. The number of nitrogens with zero attached hydrogens (tertiary/aromatic N) is 6. The molecule has 0 aliphatic carbocycles. The molecule has 0 aromatic heterocycles. The molecule has 238 valence electrons. The predicted octanol–water partition coefficient (Wildman–Crippen LogP) is 7.23. The second-order valence-corrected chi connectivity index (χ2v) is 11.2. The van der Waals surface area contributed by atoms with Crippen molar-refractivity contribution < 1.29 is 19.2 Å². The number of imide groups is 2. The average Bonchev–Trinajstić information content (AvgIpc) is 3.68. The molecule has 7 rings (SSSR count). The Kier molecular flexibility index (Phi) is 8.02. The summed E-state index contributed by atoms with van der Waals surface area (Å²) in [5.74, 6) is -1.67. The number of hydrogen-bond acceptors (Lipinski definition) is 8. The number of nitriles is 2. The van der Waals surface area contributed by atoms with Crippen molar-refractivity contribution in [2.75, 3.05) is 19.6 Å². The molecule has 0 spiro atoms. The first kappa shape index (κ1) is 31.1. The summed E-state index contributed by atoms with van der Waals surface area (Å²) < 4.78 is 0. The van der Waals surface area contributed by atoms with E-state index in [4.69, 9.17) is 0 Å². The van der Waals surface area contributed by atoms with Crippen LogP contribution in [0.15, 0.2) is 146 Å². The van der Waals surface area contributed by atoms with E-state index in [2.05, 4.69) is 12.1 Å². The Hall–Kier alpha value is -7.56. The molecular weight excluding hydrogens is 628 g/mol. The van der Waals surface area contributed by atoms with Gasteiger partial charge in [0, 0.05) is 58.4 Å². The van der Waals surface area contributed by atoms with Gasteiger partial charge in [0.15, 0.2) is 0 Å². The third-order valence-corrected chi connectivity index (χ3v) is 8.23. The number of rotatable bonds is 8. The maximum atomic E-state index is 12.3.